The van der Waals surface area contributed by atoms with Crippen LogP contribution in [0.5, 0.6) is 0 Å². The quantitative estimate of drug-likeness (QED) is 0.118. The third kappa shape index (κ3) is 14.6. The molecule has 0 saturated carbocycles. The first-order chi connectivity index (χ1) is 18.1. The van der Waals surface area contributed by atoms with Gasteiger partial charge in [-0.2, -0.15) is 0 Å². The lowest BCUT2D eigenvalue weighted by molar-refractivity contribution is -0.137. The van der Waals surface area contributed by atoms with Crippen LogP contribution in [0.2, 0.25) is 0 Å². The van der Waals surface area contributed by atoms with Crippen molar-refractivity contribution in [3.8, 4) is 0 Å². The molecule has 0 radical (unpaired) electrons. The molecule has 210 valence electrons. The molecule has 0 heterocycles. The first-order valence-electron chi connectivity index (χ1n) is 12.8. The van der Waals surface area contributed by atoms with Crippen LogP contribution < -0.4 is 26.6 Å². The number of aldehydes is 1. The van der Waals surface area contributed by atoms with E-state index in [1.54, 1.807) is 6.92 Å². The third-order valence-electron chi connectivity index (χ3n) is 5.52. The summed E-state index contributed by atoms with van der Waals surface area (Å²) in [4.78, 5) is 71.2. The van der Waals surface area contributed by atoms with Gasteiger partial charge >= 0.3 is 12.0 Å². The molecule has 12 heteroatoms. The molecule has 0 aromatic heterocycles. The van der Waals surface area contributed by atoms with Gasteiger partial charge in [0.1, 0.15) is 12.3 Å². The van der Waals surface area contributed by atoms with E-state index in [4.69, 9.17) is 5.11 Å². The SMILES string of the molecule is CCNC(=O)CCCNC(=O)C(Cc1ccccc1)NC(=O)CCC(C=O)NC(=O)NC(C)CCC(=O)O. The Morgan fingerprint density at radius 3 is 2.24 bits per heavy atom. The molecule has 3 atom stereocenters. The summed E-state index contributed by atoms with van der Waals surface area (Å²) in [6.45, 7) is 4.27. The highest BCUT2D eigenvalue weighted by molar-refractivity contribution is 5.88. The third-order valence-corrected chi connectivity index (χ3v) is 5.52. The van der Waals surface area contributed by atoms with Crippen molar-refractivity contribution in [1.82, 2.24) is 26.6 Å². The number of aliphatic carboxylic acids is 1. The Morgan fingerprint density at radius 1 is 0.895 bits per heavy atom. The average molecular weight is 534 g/mol. The molecule has 0 aliphatic carbocycles. The Balaban J connectivity index is 2.61. The number of hydrogen-bond donors (Lipinski definition) is 6. The number of hydrogen-bond acceptors (Lipinski definition) is 6. The smallest absolute Gasteiger partial charge is 0.315 e. The molecule has 0 aliphatic rings. The van der Waals surface area contributed by atoms with Crippen LogP contribution in [-0.2, 0) is 30.4 Å². The van der Waals surface area contributed by atoms with E-state index in [0.717, 1.165) is 5.56 Å². The Labute approximate surface area is 222 Å². The molecule has 3 unspecified atom stereocenters. The number of carboxylic acid groups (broad SMARTS) is 1. The van der Waals surface area contributed by atoms with Crippen molar-refractivity contribution in [1.29, 1.82) is 0 Å². The molecular formula is C26H39N5O7. The molecule has 0 bridgehead atoms. The molecule has 0 fully saturated rings. The van der Waals surface area contributed by atoms with Crippen molar-refractivity contribution in [2.24, 2.45) is 0 Å². The van der Waals surface area contributed by atoms with E-state index in [9.17, 15) is 28.8 Å². The molecule has 1 rings (SSSR count). The van der Waals surface area contributed by atoms with Crippen LogP contribution in [0.3, 0.4) is 0 Å². The number of nitrogens with one attached hydrogen (secondary N) is 5. The van der Waals surface area contributed by atoms with Crippen LogP contribution in [0.15, 0.2) is 30.3 Å². The topological polar surface area (TPSA) is 183 Å². The zero-order chi connectivity index (χ0) is 28.3. The van der Waals surface area contributed by atoms with E-state index in [-0.39, 0.29) is 51.0 Å². The molecule has 1 aromatic carbocycles. The molecule has 38 heavy (non-hydrogen) atoms. The van der Waals surface area contributed by atoms with Gasteiger partial charge in [-0.15, -0.1) is 0 Å². The summed E-state index contributed by atoms with van der Waals surface area (Å²) in [7, 11) is 0. The summed E-state index contributed by atoms with van der Waals surface area (Å²) in [6.07, 6.45) is 1.51. The van der Waals surface area contributed by atoms with Gasteiger partial charge < -0.3 is 36.5 Å². The molecule has 0 spiro atoms. The zero-order valence-corrected chi connectivity index (χ0v) is 22.0. The lowest BCUT2D eigenvalue weighted by atomic mass is 10.0. The monoisotopic (exact) mass is 533 g/mol. The summed E-state index contributed by atoms with van der Waals surface area (Å²) in [6, 6.07) is 6.30. The first kappa shape index (κ1) is 32.1. The predicted molar refractivity (Wildman–Crippen MR) is 140 cm³/mol. The van der Waals surface area contributed by atoms with Gasteiger partial charge in [0.05, 0.1) is 6.04 Å². The maximum atomic E-state index is 12.8. The minimum atomic E-state index is -0.977. The number of urea groups is 1. The molecule has 12 nitrogen and oxygen atoms in total. The van der Waals surface area contributed by atoms with Crippen molar-refractivity contribution >= 4 is 36.0 Å². The highest BCUT2D eigenvalue weighted by Crippen LogP contribution is 2.05. The van der Waals surface area contributed by atoms with Crippen LogP contribution in [0.4, 0.5) is 4.79 Å². The fraction of sp³-hybridized carbons (Fsp3) is 0.538. The van der Waals surface area contributed by atoms with Gasteiger partial charge in [-0.3, -0.25) is 19.2 Å². The Morgan fingerprint density at radius 2 is 1.61 bits per heavy atom. The van der Waals surface area contributed by atoms with E-state index in [0.29, 0.717) is 19.3 Å². The van der Waals surface area contributed by atoms with E-state index in [1.165, 1.54) is 0 Å². The van der Waals surface area contributed by atoms with Crippen LogP contribution in [0, 0.1) is 0 Å². The molecule has 6 N–H and O–H groups in total. The van der Waals surface area contributed by atoms with Crippen LogP contribution in [0.1, 0.15) is 57.9 Å². The summed E-state index contributed by atoms with van der Waals surface area (Å²) >= 11 is 0. The zero-order valence-electron chi connectivity index (χ0n) is 22.0. The van der Waals surface area contributed by atoms with Gasteiger partial charge in [-0.05, 0) is 38.7 Å². The van der Waals surface area contributed by atoms with Crippen molar-refractivity contribution in [3.05, 3.63) is 35.9 Å². The first-order valence-corrected chi connectivity index (χ1v) is 12.8. The van der Waals surface area contributed by atoms with Crippen LogP contribution in [0.25, 0.3) is 0 Å². The van der Waals surface area contributed by atoms with Gasteiger partial charge in [-0.25, -0.2) is 4.79 Å². The van der Waals surface area contributed by atoms with Gasteiger partial charge in [-0.1, -0.05) is 30.3 Å². The van der Waals surface area contributed by atoms with Gasteiger partial charge in [0.15, 0.2) is 0 Å². The number of amides is 5. The maximum absolute atomic E-state index is 12.8. The molecular weight excluding hydrogens is 494 g/mol. The summed E-state index contributed by atoms with van der Waals surface area (Å²) in [5.41, 5.74) is 0.844. The number of carbonyl (C=O) groups excluding carboxylic acids is 5. The minimum absolute atomic E-state index is 0.0124. The van der Waals surface area contributed by atoms with Gasteiger partial charge in [0.2, 0.25) is 17.7 Å². The lowest BCUT2D eigenvalue weighted by Gasteiger charge is -2.20. The molecule has 1 aromatic rings. The van der Waals surface area contributed by atoms with Crippen molar-refractivity contribution in [2.45, 2.75) is 76.9 Å². The average Bonchev–Trinajstić information content (AvgIpc) is 2.88. The molecule has 0 aliphatic heterocycles. The largest absolute Gasteiger partial charge is 0.481 e. The van der Waals surface area contributed by atoms with Gasteiger partial charge in [0.25, 0.3) is 0 Å². The second-order valence-electron chi connectivity index (χ2n) is 8.89. The van der Waals surface area contributed by atoms with Gasteiger partial charge in [0, 0.05) is 44.8 Å². The highest BCUT2D eigenvalue weighted by Gasteiger charge is 2.22. The molecule has 0 saturated heterocycles. The number of carboxylic acids is 1. The predicted octanol–water partition coefficient (Wildman–Crippen LogP) is 0.647. The Kier molecular flexibility index (Phi) is 15.5. The van der Waals surface area contributed by atoms with E-state index >= 15 is 0 Å². The second-order valence-corrected chi connectivity index (χ2v) is 8.89. The summed E-state index contributed by atoms with van der Waals surface area (Å²) in [5, 5.41) is 21.9. The van der Waals surface area contributed by atoms with Crippen LogP contribution in [-0.4, -0.2) is 72.3 Å². The fourth-order valence-corrected chi connectivity index (χ4v) is 3.50. The maximum Gasteiger partial charge on any atom is 0.315 e. The standard InChI is InChI=1S/C26H39N5O7/c1-3-27-22(33)10-7-15-28-25(37)21(16-19-8-5-4-6-9-19)31-23(34)13-12-20(17-32)30-26(38)29-18(2)11-14-24(35)36/h4-6,8-9,17-18,20-21H,3,7,10-16H2,1-2H3,(H,27,33)(H,28,37)(H,31,34)(H,35,36)(H2,29,30,38). The Bertz CT molecular complexity index is 926. The minimum Gasteiger partial charge on any atom is -0.481 e. The van der Waals surface area contributed by atoms with Crippen molar-refractivity contribution in [3.63, 3.8) is 0 Å². The normalized spacial score (nSPS) is 12.8. The summed E-state index contributed by atoms with van der Waals surface area (Å²) in [5.74, 6) is -1.93. The lowest BCUT2D eigenvalue weighted by Crippen LogP contribution is -2.49. The van der Waals surface area contributed by atoms with Crippen LogP contribution >= 0.6 is 0 Å². The van der Waals surface area contributed by atoms with E-state index < -0.39 is 41.9 Å². The van der Waals surface area contributed by atoms with E-state index in [1.807, 2.05) is 37.3 Å². The Hall–Kier alpha value is -3.96. The van der Waals surface area contributed by atoms with Crippen molar-refractivity contribution in [2.75, 3.05) is 13.1 Å². The van der Waals surface area contributed by atoms with E-state index in [2.05, 4.69) is 26.6 Å². The number of rotatable bonds is 18. The fourth-order valence-electron chi connectivity index (χ4n) is 3.50. The van der Waals surface area contributed by atoms with Crippen molar-refractivity contribution < 1.29 is 33.9 Å². The highest BCUT2D eigenvalue weighted by atomic mass is 16.4. The second kappa shape index (κ2) is 18.3. The summed E-state index contributed by atoms with van der Waals surface area (Å²) < 4.78 is 0. The number of carbonyl (C=O) groups is 6. The molecule has 5 amide bonds. The number of benzene rings is 1.